The lowest BCUT2D eigenvalue weighted by atomic mass is 9.89. The monoisotopic (exact) mass is 334 g/mol. The number of aromatic nitrogens is 2. The lowest BCUT2D eigenvalue weighted by molar-refractivity contribution is 0.301. The van der Waals surface area contributed by atoms with Crippen molar-refractivity contribution >= 4 is 12.4 Å². The average Bonchev–Trinajstić information content (AvgIpc) is 3.15. The van der Waals surface area contributed by atoms with Crippen LogP contribution in [0.25, 0.3) is 0 Å². The molecule has 3 rings (SSSR count). The van der Waals surface area contributed by atoms with Crippen molar-refractivity contribution in [2.45, 2.75) is 32.4 Å². The largest absolute Gasteiger partial charge is 0.330 e. The van der Waals surface area contributed by atoms with Crippen LogP contribution in [0.3, 0.4) is 0 Å². The normalized spacial score (nSPS) is 21.6. The van der Waals surface area contributed by atoms with E-state index in [1.54, 1.807) is 0 Å². The highest BCUT2D eigenvalue weighted by Gasteiger charge is 2.33. The summed E-state index contributed by atoms with van der Waals surface area (Å²) in [4.78, 5) is 2.52. The molecular formula is C18H27ClN4. The molecule has 1 aliphatic heterocycles. The predicted molar refractivity (Wildman–Crippen MR) is 96.9 cm³/mol. The Kier molecular flexibility index (Phi) is 6.22. The van der Waals surface area contributed by atoms with Gasteiger partial charge in [0.05, 0.1) is 5.69 Å². The van der Waals surface area contributed by atoms with E-state index in [1.165, 1.54) is 11.3 Å². The van der Waals surface area contributed by atoms with Crippen LogP contribution in [-0.4, -0.2) is 34.3 Å². The summed E-state index contributed by atoms with van der Waals surface area (Å²) >= 11 is 0. The highest BCUT2D eigenvalue weighted by Crippen LogP contribution is 2.32. The number of nitrogens with two attached hydrogens (primary N) is 1. The van der Waals surface area contributed by atoms with Crippen LogP contribution >= 0.6 is 12.4 Å². The first kappa shape index (κ1) is 18.0. The SMILES string of the molecule is CC(C)n1nccc1CN1C[C@@H](CN)[C@H](c2ccccc2)C1.Cl. The van der Waals surface area contributed by atoms with E-state index in [0.29, 0.717) is 17.9 Å². The second-order valence-electron chi connectivity index (χ2n) is 6.57. The van der Waals surface area contributed by atoms with Crippen LogP contribution in [0.15, 0.2) is 42.6 Å². The fourth-order valence-electron chi connectivity index (χ4n) is 3.57. The summed E-state index contributed by atoms with van der Waals surface area (Å²) in [6, 6.07) is 13.3. The zero-order valence-corrected chi connectivity index (χ0v) is 14.7. The smallest absolute Gasteiger partial charge is 0.0527 e. The molecule has 0 saturated carbocycles. The molecule has 2 aromatic rings. The zero-order valence-electron chi connectivity index (χ0n) is 13.9. The summed E-state index contributed by atoms with van der Waals surface area (Å²) in [6.07, 6.45) is 1.90. The molecular weight excluding hydrogens is 308 g/mol. The Labute approximate surface area is 145 Å². The van der Waals surface area contributed by atoms with Gasteiger partial charge in [-0.1, -0.05) is 30.3 Å². The first-order chi connectivity index (χ1) is 10.7. The Morgan fingerprint density at radius 2 is 1.91 bits per heavy atom. The van der Waals surface area contributed by atoms with Crippen molar-refractivity contribution in [2.24, 2.45) is 11.7 Å². The molecule has 2 atom stereocenters. The fraction of sp³-hybridized carbons (Fsp3) is 0.500. The maximum Gasteiger partial charge on any atom is 0.0527 e. The molecule has 0 aliphatic carbocycles. The molecule has 1 aromatic carbocycles. The Morgan fingerprint density at radius 1 is 1.17 bits per heavy atom. The minimum absolute atomic E-state index is 0. The first-order valence-corrected chi connectivity index (χ1v) is 8.18. The third-order valence-electron chi connectivity index (χ3n) is 4.67. The van der Waals surface area contributed by atoms with Gasteiger partial charge in [-0.05, 0) is 37.9 Å². The summed E-state index contributed by atoms with van der Waals surface area (Å²) in [6.45, 7) is 8.21. The van der Waals surface area contributed by atoms with Crippen molar-refractivity contribution in [1.82, 2.24) is 14.7 Å². The van der Waals surface area contributed by atoms with Gasteiger partial charge in [-0.2, -0.15) is 5.10 Å². The molecule has 126 valence electrons. The van der Waals surface area contributed by atoms with Crippen molar-refractivity contribution in [3.05, 3.63) is 53.9 Å². The lowest BCUT2D eigenvalue weighted by Gasteiger charge is -2.18. The van der Waals surface area contributed by atoms with Crippen LogP contribution in [0.2, 0.25) is 0 Å². The van der Waals surface area contributed by atoms with Crippen molar-refractivity contribution in [3.8, 4) is 0 Å². The molecule has 0 amide bonds. The average molecular weight is 335 g/mol. The third-order valence-corrected chi connectivity index (χ3v) is 4.67. The second-order valence-corrected chi connectivity index (χ2v) is 6.57. The van der Waals surface area contributed by atoms with Gasteiger partial charge in [0.1, 0.15) is 0 Å². The number of rotatable bonds is 5. The third kappa shape index (κ3) is 3.94. The zero-order chi connectivity index (χ0) is 15.5. The minimum atomic E-state index is 0. The maximum absolute atomic E-state index is 6.03. The molecule has 1 aromatic heterocycles. The van der Waals surface area contributed by atoms with Crippen LogP contribution in [0, 0.1) is 5.92 Å². The van der Waals surface area contributed by atoms with E-state index in [0.717, 1.165) is 26.2 Å². The van der Waals surface area contributed by atoms with Gasteiger partial charge in [-0.15, -0.1) is 12.4 Å². The van der Waals surface area contributed by atoms with Crippen LogP contribution in [0.5, 0.6) is 0 Å². The summed E-state index contributed by atoms with van der Waals surface area (Å²) in [5, 5.41) is 4.44. The molecule has 1 fully saturated rings. The fourth-order valence-corrected chi connectivity index (χ4v) is 3.57. The minimum Gasteiger partial charge on any atom is -0.330 e. The van der Waals surface area contributed by atoms with E-state index in [1.807, 2.05) is 6.20 Å². The van der Waals surface area contributed by atoms with Crippen LogP contribution in [0.1, 0.15) is 37.1 Å². The molecule has 0 bridgehead atoms. The predicted octanol–water partition coefficient (Wildman–Crippen LogP) is 3.06. The van der Waals surface area contributed by atoms with E-state index in [2.05, 4.69) is 64.9 Å². The molecule has 2 N–H and O–H groups in total. The van der Waals surface area contributed by atoms with E-state index >= 15 is 0 Å². The van der Waals surface area contributed by atoms with Crippen LogP contribution in [-0.2, 0) is 6.54 Å². The van der Waals surface area contributed by atoms with Crippen LogP contribution in [0.4, 0.5) is 0 Å². The van der Waals surface area contributed by atoms with Crippen LogP contribution < -0.4 is 5.73 Å². The van der Waals surface area contributed by atoms with Gasteiger partial charge in [-0.3, -0.25) is 9.58 Å². The van der Waals surface area contributed by atoms with Gasteiger partial charge in [0.25, 0.3) is 0 Å². The first-order valence-electron chi connectivity index (χ1n) is 8.18. The van der Waals surface area contributed by atoms with Crippen molar-refractivity contribution in [1.29, 1.82) is 0 Å². The summed E-state index contributed by atoms with van der Waals surface area (Å²) in [7, 11) is 0. The Morgan fingerprint density at radius 3 is 2.57 bits per heavy atom. The number of halogens is 1. The van der Waals surface area contributed by atoms with Crippen molar-refractivity contribution in [2.75, 3.05) is 19.6 Å². The molecule has 0 spiro atoms. The standard InChI is InChI=1S/C18H26N4.ClH/c1-14(2)22-17(8-9-20-22)12-21-11-16(10-19)18(13-21)15-6-4-3-5-7-15;/h3-9,14,16,18H,10-13,19H2,1-2H3;1H/t16-,18+;/m1./s1. The van der Waals surface area contributed by atoms with Crippen molar-refractivity contribution < 1.29 is 0 Å². The van der Waals surface area contributed by atoms with Gasteiger partial charge in [0, 0.05) is 37.8 Å². The van der Waals surface area contributed by atoms with Gasteiger partial charge < -0.3 is 5.73 Å². The van der Waals surface area contributed by atoms with E-state index < -0.39 is 0 Å². The van der Waals surface area contributed by atoms with Gasteiger partial charge in [0.2, 0.25) is 0 Å². The number of nitrogens with zero attached hydrogens (tertiary/aromatic N) is 3. The quantitative estimate of drug-likeness (QED) is 0.914. The molecule has 23 heavy (non-hydrogen) atoms. The Bertz CT molecular complexity index is 596. The highest BCUT2D eigenvalue weighted by molar-refractivity contribution is 5.85. The number of benzene rings is 1. The Balaban J connectivity index is 0.00000192. The number of likely N-dealkylation sites (tertiary alicyclic amines) is 1. The molecule has 5 heteroatoms. The topological polar surface area (TPSA) is 47.1 Å². The van der Waals surface area contributed by atoms with E-state index in [4.69, 9.17) is 5.73 Å². The molecule has 1 aliphatic rings. The molecule has 0 unspecified atom stereocenters. The Hall–Kier alpha value is -1.36. The molecule has 2 heterocycles. The molecule has 4 nitrogen and oxygen atoms in total. The lowest BCUT2D eigenvalue weighted by Crippen LogP contribution is -2.24. The molecule has 1 saturated heterocycles. The van der Waals surface area contributed by atoms with Gasteiger partial charge in [-0.25, -0.2) is 0 Å². The van der Waals surface area contributed by atoms with E-state index in [-0.39, 0.29) is 12.4 Å². The van der Waals surface area contributed by atoms with Crippen molar-refractivity contribution in [3.63, 3.8) is 0 Å². The number of hydrogen-bond donors (Lipinski definition) is 1. The maximum atomic E-state index is 6.03. The molecule has 0 radical (unpaired) electrons. The van der Waals surface area contributed by atoms with Gasteiger partial charge in [0.15, 0.2) is 0 Å². The highest BCUT2D eigenvalue weighted by atomic mass is 35.5. The number of hydrogen-bond acceptors (Lipinski definition) is 3. The van der Waals surface area contributed by atoms with E-state index in [9.17, 15) is 0 Å². The summed E-state index contributed by atoms with van der Waals surface area (Å²) in [5.41, 5.74) is 8.74. The van der Waals surface area contributed by atoms with Gasteiger partial charge >= 0.3 is 0 Å². The summed E-state index contributed by atoms with van der Waals surface area (Å²) < 4.78 is 2.12. The summed E-state index contributed by atoms with van der Waals surface area (Å²) in [5.74, 6) is 1.08. The second kappa shape index (κ2) is 7.95.